The van der Waals surface area contributed by atoms with Crippen LogP contribution in [0.4, 0.5) is 5.69 Å². The summed E-state index contributed by atoms with van der Waals surface area (Å²) in [5.74, 6) is 0.236. The van der Waals surface area contributed by atoms with Crippen molar-refractivity contribution in [2.75, 3.05) is 11.9 Å². The van der Waals surface area contributed by atoms with Gasteiger partial charge in [0, 0.05) is 30.7 Å². The summed E-state index contributed by atoms with van der Waals surface area (Å²) in [6.45, 7) is 2.38. The van der Waals surface area contributed by atoms with Crippen molar-refractivity contribution in [3.63, 3.8) is 0 Å². The fourth-order valence-electron chi connectivity index (χ4n) is 3.60. The fourth-order valence-corrected chi connectivity index (χ4v) is 3.60. The minimum Gasteiger partial charge on any atom is -0.361 e. The van der Waals surface area contributed by atoms with Gasteiger partial charge in [0.1, 0.15) is 11.8 Å². The lowest BCUT2D eigenvalue weighted by atomic mass is 10.0. The summed E-state index contributed by atoms with van der Waals surface area (Å²) in [4.78, 5) is 27.3. The number of hydrogen-bond donors (Lipinski definition) is 1. The molecule has 1 atom stereocenters. The van der Waals surface area contributed by atoms with Crippen molar-refractivity contribution >= 4 is 17.5 Å². The minimum absolute atomic E-state index is 0.114. The first-order valence-electron chi connectivity index (χ1n) is 9.73. The van der Waals surface area contributed by atoms with Crippen molar-refractivity contribution in [2.24, 2.45) is 0 Å². The second kappa shape index (κ2) is 8.30. The van der Waals surface area contributed by atoms with E-state index >= 15 is 0 Å². The molecule has 1 aliphatic rings. The highest BCUT2D eigenvalue weighted by atomic mass is 16.5. The Bertz CT molecular complexity index is 978. The Morgan fingerprint density at radius 2 is 2.07 bits per heavy atom. The average molecular weight is 393 g/mol. The van der Waals surface area contributed by atoms with Crippen molar-refractivity contribution in [3.8, 4) is 5.69 Å². The largest absolute Gasteiger partial charge is 0.361 e. The Kier molecular flexibility index (Phi) is 5.41. The van der Waals surface area contributed by atoms with Gasteiger partial charge < -0.3 is 14.7 Å². The van der Waals surface area contributed by atoms with E-state index in [4.69, 9.17) is 4.52 Å². The molecule has 1 N–H and O–H groups in total. The van der Waals surface area contributed by atoms with Crippen LogP contribution in [-0.4, -0.2) is 44.2 Å². The van der Waals surface area contributed by atoms with E-state index in [1.807, 2.05) is 43.5 Å². The van der Waals surface area contributed by atoms with E-state index in [9.17, 15) is 9.59 Å². The summed E-state index contributed by atoms with van der Waals surface area (Å²) in [6, 6.07) is 10.6. The smallest absolute Gasteiger partial charge is 0.247 e. The summed E-state index contributed by atoms with van der Waals surface area (Å²) >= 11 is 0. The molecule has 150 valence electrons. The van der Waals surface area contributed by atoms with E-state index in [1.165, 1.54) is 0 Å². The van der Waals surface area contributed by atoms with Gasteiger partial charge in [-0.3, -0.25) is 9.59 Å². The van der Waals surface area contributed by atoms with Gasteiger partial charge in [0.25, 0.3) is 0 Å². The van der Waals surface area contributed by atoms with Gasteiger partial charge in [0.15, 0.2) is 0 Å². The van der Waals surface area contributed by atoms with E-state index in [-0.39, 0.29) is 18.2 Å². The van der Waals surface area contributed by atoms with Crippen LogP contribution < -0.4 is 5.32 Å². The maximum absolute atomic E-state index is 12.9. The zero-order valence-electron chi connectivity index (χ0n) is 16.2. The summed E-state index contributed by atoms with van der Waals surface area (Å²) in [5, 5.41) is 10.9. The van der Waals surface area contributed by atoms with Crippen LogP contribution in [-0.2, 0) is 16.0 Å². The molecule has 0 aliphatic carbocycles. The SMILES string of the molecule is Cc1cc(CC(=O)N2CCCC[C@@H]2C(=O)Nc2ccc(-n3cccn3)cc2)on1. The van der Waals surface area contributed by atoms with E-state index in [0.717, 1.165) is 24.2 Å². The number of aryl methyl sites for hydroxylation is 1. The third-order valence-corrected chi connectivity index (χ3v) is 5.03. The van der Waals surface area contributed by atoms with Gasteiger partial charge >= 0.3 is 0 Å². The Hall–Kier alpha value is -3.42. The zero-order chi connectivity index (χ0) is 20.2. The van der Waals surface area contributed by atoms with Crippen molar-refractivity contribution in [1.82, 2.24) is 19.8 Å². The maximum Gasteiger partial charge on any atom is 0.247 e. The molecule has 0 radical (unpaired) electrons. The summed E-state index contributed by atoms with van der Waals surface area (Å²) in [5.41, 5.74) is 2.33. The molecule has 3 aromatic rings. The standard InChI is InChI=1S/C21H23N5O3/c1-15-13-18(29-24-15)14-20(27)25-11-3-2-5-19(25)21(28)23-16-6-8-17(9-7-16)26-12-4-10-22-26/h4,6-10,12-13,19H,2-3,5,11,14H2,1H3,(H,23,28)/t19-/m1/s1. The molecule has 0 unspecified atom stereocenters. The summed E-state index contributed by atoms with van der Waals surface area (Å²) < 4.78 is 6.90. The third-order valence-electron chi connectivity index (χ3n) is 5.03. The number of carbonyl (C=O) groups excluding carboxylic acids is 2. The topological polar surface area (TPSA) is 93.3 Å². The first kappa shape index (κ1) is 18.9. The van der Waals surface area contributed by atoms with Gasteiger partial charge in [0.2, 0.25) is 11.8 Å². The Morgan fingerprint density at radius 3 is 2.76 bits per heavy atom. The molecule has 3 heterocycles. The highest BCUT2D eigenvalue weighted by Crippen LogP contribution is 2.21. The third kappa shape index (κ3) is 4.37. The van der Waals surface area contributed by atoms with Gasteiger partial charge in [-0.15, -0.1) is 0 Å². The number of amides is 2. The van der Waals surface area contributed by atoms with Gasteiger partial charge in [-0.2, -0.15) is 5.10 Å². The van der Waals surface area contributed by atoms with Crippen molar-refractivity contribution < 1.29 is 14.1 Å². The lowest BCUT2D eigenvalue weighted by Crippen LogP contribution is -2.50. The summed E-state index contributed by atoms with van der Waals surface area (Å²) in [7, 11) is 0. The van der Waals surface area contributed by atoms with Gasteiger partial charge in [0.05, 0.1) is 17.8 Å². The molecule has 1 saturated heterocycles. The first-order valence-corrected chi connectivity index (χ1v) is 9.73. The van der Waals surface area contributed by atoms with Crippen LogP contribution in [0.3, 0.4) is 0 Å². The number of anilines is 1. The van der Waals surface area contributed by atoms with Crippen LogP contribution in [0.25, 0.3) is 5.69 Å². The number of benzene rings is 1. The number of aromatic nitrogens is 3. The molecule has 4 rings (SSSR count). The number of carbonyl (C=O) groups is 2. The molecule has 8 nitrogen and oxygen atoms in total. The van der Waals surface area contributed by atoms with Gasteiger partial charge in [-0.25, -0.2) is 4.68 Å². The molecule has 1 fully saturated rings. The number of likely N-dealkylation sites (tertiary alicyclic amines) is 1. The predicted octanol–water partition coefficient (Wildman–Crippen LogP) is 2.73. The molecule has 2 aromatic heterocycles. The number of nitrogens with one attached hydrogen (secondary N) is 1. The van der Waals surface area contributed by atoms with Crippen LogP contribution in [0.1, 0.15) is 30.7 Å². The molecule has 29 heavy (non-hydrogen) atoms. The second-order valence-corrected chi connectivity index (χ2v) is 7.20. The average Bonchev–Trinajstić information content (AvgIpc) is 3.40. The molecule has 0 bridgehead atoms. The number of piperidine rings is 1. The van der Waals surface area contributed by atoms with Crippen molar-refractivity contribution in [2.45, 2.75) is 38.6 Å². The molecule has 1 aromatic carbocycles. The van der Waals surface area contributed by atoms with Crippen LogP contribution in [0, 0.1) is 6.92 Å². The van der Waals surface area contributed by atoms with E-state index in [2.05, 4.69) is 15.6 Å². The van der Waals surface area contributed by atoms with E-state index in [1.54, 1.807) is 21.8 Å². The normalized spacial score (nSPS) is 16.6. The van der Waals surface area contributed by atoms with E-state index < -0.39 is 6.04 Å². The molecule has 1 aliphatic heterocycles. The second-order valence-electron chi connectivity index (χ2n) is 7.20. The summed E-state index contributed by atoms with van der Waals surface area (Å²) in [6.07, 6.45) is 6.15. The molecule has 2 amide bonds. The number of nitrogens with zero attached hydrogens (tertiary/aromatic N) is 4. The zero-order valence-corrected chi connectivity index (χ0v) is 16.2. The van der Waals surface area contributed by atoms with E-state index in [0.29, 0.717) is 24.4 Å². The number of hydrogen-bond acceptors (Lipinski definition) is 5. The van der Waals surface area contributed by atoms with Crippen LogP contribution >= 0.6 is 0 Å². The molecular weight excluding hydrogens is 370 g/mol. The highest BCUT2D eigenvalue weighted by Gasteiger charge is 2.32. The van der Waals surface area contributed by atoms with Crippen LogP contribution in [0.15, 0.2) is 53.3 Å². The Morgan fingerprint density at radius 1 is 1.24 bits per heavy atom. The Labute approximate surface area is 168 Å². The monoisotopic (exact) mass is 393 g/mol. The fraction of sp³-hybridized carbons (Fsp3) is 0.333. The lowest BCUT2D eigenvalue weighted by molar-refractivity contribution is -0.140. The maximum atomic E-state index is 12.9. The van der Waals surface area contributed by atoms with Crippen LogP contribution in [0.2, 0.25) is 0 Å². The first-order chi connectivity index (χ1) is 14.1. The Balaban J connectivity index is 1.42. The minimum atomic E-state index is -0.480. The van der Waals surface area contributed by atoms with Crippen molar-refractivity contribution in [3.05, 3.63) is 60.2 Å². The predicted molar refractivity (Wildman–Crippen MR) is 106 cm³/mol. The van der Waals surface area contributed by atoms with Crippen molar-refractivity contribution in [1.29, 1.82) is 0 Å². The highest BCUT2D eigenvalue weighted by molar-refractivity contribution is 5.97. The van der Waals surface area contributed by atoms with Gasteiger partial charge in [-0.05, 0) is 56.5 Å². The lowest BCUT2D eigenvalue weighted by Gasteiger charge is -2.34. The molecular formula is C21H23N5O3. The van der Waals surface area contributed by atoms with Crippen LogP contribution in [0.5, 0.6) is 0 Å². The molecule has 0 spiro atoms. The molecule has 0 saturated carbocycles. The molecule has 8 heteroatoms. The quantitative estimate of drug-likeness (QED) is 0.719. The van der Waals surface area contributed by atoms with Gasteiger partial charge in [-0.1, -0.05) is 5.16 Å². The number of rotatable bonds is 5.